The average Bonchev–Trinajstić information content (AvgIpc) is 2.46. The predicted octanol–water partition coefficient (Wildman–Crippen LogP) is 1.97. The highest BCUT2D eigenvalue weighted by atomic mass is 16.2. The molecule has 1 aromatic rings. The Morgan fingerprint density at radius 3 is 3.00 bits per heavy atom. The molecule has 0 radical (unpaired) electrons. The molecule has 0 aromatic heterocycles. The molecule has 2 N–H and O–H groups in total. The molecule has 3 nitrogen and oxygen atoms in total. The van der Waals surface area contributed by atoms with E-state index in [1.807, 2.05) is 0 Å². The van der Waals surface area contributed by atoms with E-state index < -0.39 is 0 Å². The summed E-state index contributed by atoms with van der Waals surface area (Å²) in [6.07, 6.45) is 5.76. The minimum absolute atomic E-state index is 0.0165. The fourth-order valence-corrected chi connectivity index (χ4v) is 3.32. The molecule has 1 saturated heterocycles. The van der Waals surface area contributed by atoms with E-state index in [1.54, 1.807) is 0 Å². The minimum atomic E-state index is 0.0165. The first-order chi connectivity index (χ1) is 9.34. The molecule has 1 aliphatic carbocycles. The molecule has 1 aliphatic heterocycles. The molecule has 2 atom stereocenters. The Hall–Kier alpha value is -1.35. The molecule has 102 valence electrons. The Bertz CT molecular complexity index is 458. The fourth-order valence-electron chi connectivity index (χ4n) is 3.32. The van der Waals surface area contributed by atoms with E-state index in [1.165, 1.54) is 30.4 Å². The van der Waals surface area contributed by atoms with Gasteiger partial charge in [-0.1, -0.05) is 24.3 Å². The fraction of sp³-hybridized carbons (Fsp3) is 0.562. The average molecular weight is 258 g/mol. The summed E-state index contributed by atoms with van der Waals surface area (Å²) >= 11 is 0. The molecule has 1 heterocycles. The van der Waals surface area contributed by atoms with Gasteiger partial charge in [-0.15, -0.1) is 0 Å². The number of benzene rings is 1. The third-order valence-electron chi connectivity index (χ3n) is 4.39. The van der Waals surface area contributed by atoms with Crippen LogP contribution in [0.2, 0.25) is 0 Å². The number of hydrogen-bond acceptors (Lipinski definition) is 2. The Morgan fingerprint density at radius 1 is 1.21 bits per heavy atom. The van der Waals surface area contributed by atoms with Crippen LogP contribution in [0.5, 0.6) is 0 Å². The van der Waals surface area contributed by atoms with Gasteiger partial charge in [-0.3, -0.25) is 4.79 Å². The van der Waals surface area contributed by atoms with Crippen molar-refractivity contribution in [2.75, 3.05) is 13.1 Å². The van der Waals surface area contributed by atoms with Gasteiger partial charge in [0.1, 0.15) is 0 Å². The van der Waals surface area contributed by atoms with Crippen LogP contribution in [0.25, 0.3) is 0 Å². The molecule has 1 amide bonds. The zero-order valence-electron chi connectivity index (χ0n) is 11.3. The first kappa shape index (κ1) is 12.7. The third-order valence-corrected chi connectivity index (χ3v) is 4.39. The summed E-state index contributed by atoms with van der Waals surface area (Å²) < 4.78 is 0. The lowest BCUT2D eigenvalue weighted by atomic mass is 9.82. The second-order valence-electron chi connectivity index (χ2n) is 5.68. The molecule has 2 aliphatic rings. The molecule has 0 bridgehead atoms. The lowest BCUT2D eigenvalue weighted by Gasteiger charge is -2.29. The van der Waals surface area contributed by atoms with E-state index >= 15 is 0 Å². The van der Waals surface area contributed by atoms with Gasteiger partial charge >= 0.3 is 0 Å². The summed E-state index contributed by atoms with van der Waals surface area (Å²) in [7, 11) is 0. The van der Waals surface area contributed by atoms with Crippen LogP contribution in [0.15, 0.2) is 24.3 Å². The van der Waals surface area contributed by atoms with Gasteiger partial charge in [-0.05, 0) is 49.1 Å². The number of carbonyl (C=O) groups excluding carboxylic acids is 1. The Labute approximate surface area is 114 Å². The van der Waals surface area contributed by atoms with Crippen molar-refractivity contribution in [3.8, 4) is 0 Å². The second-order valence-corrected chi connectivity index (χ2v) is 5.68. The molecule has 0 spiro atoms. The Balaban J connectivity index is 1.63. The smallest absolute Gasteiger partial charge is 0.237 e. The van der Waals surface area contributed by atoms with Crippen LogP contribution < -0.4 is 10.6 Å². The minimum Gasteiger partial charge on any atom is -0.355 e. The number of aryl methyl sites for hydroxylation is 1. The number of piperidine rings is 1. The monoisotopic (exact) mass is 258 g/mol. The summed E-state index contributed by atoms with van der Waals surface area (Å²) in [5.74, 6) is 0.745. The van der Waals surface area contributed by atoms with E-state index in [-0.39, 0.29) is 11.9 Å². The van der Waals surface area contributed by atoms with Crippen molar-refractivity contribution >= 4 is 5.91 Å². The molecule has 0 saturated carbocycles. The zero-order valence-corrected chi connectivity index (χ0v) is 11.3. The maximum atomic E-state index is 11.7. The van der Waals surface area contributed by atoms with E-state index in [4.69, 9.17) is 0 Å². The normalized spacial score (nSPS) is 26.6. The third kappa shape index (κ3) is 2.81. The number of rotatable bonds is 3. The highest BCUT2D eigenvalue weighted by Crippen LogP contribution is 2.30. The first-order valence-electron chi connectivity index (χ1n) is 7.43. The summed E-state index contributed by atoms with van der Waals surface area (Å²) in [4.78, 5) is 11.7. The van der Waals surface area contributed by atoms with E-state index in [0.717, 1.165) is 25.9 Å². The largest absolute Gasteiger partial charge is 0.355 e. The number of hydrogen-bond donors (Lipinski definition) is 2. The SMILES string of the molecule is O=C1NCCCC1NCC1CCCc2ccccc21. The Kier molecular flexibility index (Phi) is 3.83. The maximum absolute atomic E-state index is 11.7. The van der Waals surface area contributed by atoms with E-state index in [2.05, 4.69) is 34.9 Å². The van der Waals surface area contributed by atoms with Crippen molar-refractivity contribution in [3.63, 3.8) is 0 Å². The summed E-state index contributed by atoms with van der Waals surface area (Å²) in [5.41, 5.74) is 2.98. The second kappa shape index (κ2) is 5.74. The summed E-state index contributed by atoms with van der Waals surface area (Å²) in [6, 6.07) is 8.77. The van der Waals surface area contributed by atoms with Crippen LogP contribution in [0.1, 0.15) is 42.7 Å². The van der Waals surface area contributed by atoms with Crippen molar-refractivity contribution < 1.29 is 4.79 Å². The van der Waals surface area contributed by atoms with Crippen LogP contribution in [0, 0.1) is 0 Å². The summed E-state index contributed by atoms with van der Waals surface area (Å²) in [6.45, 7) is 1.76. The quantitative estimate of drug-likeness (QED) is 0.870. The lowest BCUT2D eigenvalue weighted by molar-refractivity contribution is -0.124. The van der Waals surface area contributed by atoms with Gasteiger partial charge in [0.05, 0.1) is 6.04 Å². The maximum Gasteiger partial charge on any atom is 0.237 e. The topological polar surface area (TPSA) is 41.1 Å². The van der Waals surface area contributed by atoms with Gasteiger partial charge in [0.15, 0.2) is 0 Å². The lowest BCUT2D eigenvalue weighted by Crippen LogP contribution is -2.49. The molecular formula is C16H22N2O. The Morgan fingerprint density at radius 2 is 2.11 bits per heavy atom. The van der Waals surface area contributed by atoms with Gasteiger partial charge in [-0.2, -0.15) is 0 Å². The zero-order chi connectivity index (χ0) is 13.1. The van der Waals surface area contributed by atoms with Gasteiger partial charge in [0.25, 0.3) is 0 Å². The van der Waals surface area contributed by atoms with Crippen LogP contribution in [-0.4, -0.2) is 25.0 Å². The number of fused-ring (bicyclic) bond motifs is 1. The molecule has 3 heteroatoms. The molecular weight excluding hydrogens is 236 g/mol. The van der Waals surface area contributed by atoms with Crippen LogP contribution >= 0.6 is 0 Å². The van der Waals surface area contributed by atoms with E-state index in [0.29, 0.717) is 5.92 Å². The van der Waals surface area contributed by atoms with Gasteiger partial charge < -0.3 is 10.6 Å². The highest BCUT2D eigenvalue weighted by molar-refractivity contribution is 5.82. The predicted molar refractivity (Wildman–Crippen MR) is 76.2 cm³/mol. The van der Waals surface area contributed by atoms with Gasteiger partial charge in [-0.25, -0.2) is 0 Å². The van der Waals surface area contributed by atoms with Crippen LogP contribution in [-0.2, 0) is 11.2 Å². The van der Waals surface area contributed by atoms with Crippen molar-refractivity contribution in [2.45, 2.75) is 44.1 Å². The number of amides is 1. The number of nitrogens with one attached hydrogen (secondary N) is 2. The van der Waals surface area contributed by atoms with Crippen molar-refractivity contribution in [1.82, 2.24) is 10.6 Å². The summed E-state index contributed by atoms with van der Waals surface area (Å²) in [5, 5.41) is 6.41. The molecule has 2 unspecified atom stereocenters. The van der Waals surface area contributed by atoms with Crippen molar-refractivity contribution in [3.05, 3.63) is 35.4 Å². The highest BCUT2D eigenvalue weighted by Gasteiger charge is 2.24. The van der Waals surface area contributed by atoms with Crippen LogP contribution in [0.3, 0.4) is 0 Å². The first-order valence-corrected chi connectivity index (χ1v) is 7.43. The van der Waals surface area contributed by atoms with E-state index in [9.17, 15) is 4.79 Å². The molecule has 3 rings (SSSR count). The van der Waals surface area contributed by atoms with Crippen molar-refractivity contribution in [1.29, 1.82) is 0 Å². The standard InChI is InChI=1S/C16H22N2O/c19-16-15(9-4-10-17-16)18-11-13-7-3-6-12-5-1-2-8-14(12)13/h1-2,5,8,13,15,18H,3-4,6-7,9-11H2,(H,17,19). The van der Waals surface area contributed by atoms with Crippen molar-refractivity contribution in [2.24, 2.45) is 0 Å². The molecule has 19 heavy (non-hydrogen) atoms. The molecule has 1 aromatic carbocycles. The van der Waals surface area contributed by atoms with Gasteiger partial charge in [0, 0.05) is 13.1 Å². The molecule has 1 fully saturated rings. The van der Waals surface area contributed by atoms with Gasteiger partial charge in [0.2, 0.25) is 5.91 Å². The van der Waals surface area contributed by atoms with Crippen LogP contribution in [0.4, 0.5) is 0 Å². The number of carbonyl (C=O) groups is 1.